The third-order valence-electron chi connectivity index (χ3n) is 3.89. The number of fused-ring (bicyclic) bond motifs is 1. The molecule has 0 saturated heterocycles. The fourth-order valence-electron chi connectivity index (χ4n) is 2.69. The molecule has 25 heavy (non-hydrogen) atoms. The molecule has 0 aliphatic carbocycles. The Hall–Kier alpha value is -3.55. The molecule has 0 bridgehead atoms. The van der Waals surface area contributed by atoms with Gasteiger partial charge in [-0.15, -0.1) is 5.10 Å². The number of aromatic nitrogens is 6. The number of nitrogens with two attached hydrogens (primary N) is 1. The van der Waals surface area contributed by atoms with Gasteiger partial charge in [0, 0.05) is 44.4 Å². The maximum absolute atomic E-state index is 6.08. The molecule has 4 aromatic rings. The molecule has 0 aromatic carbocycles. The number of hydrogen-bond donors (Lipinski definition) is 1. The summed E-state index contributed by atoms with van der Waals surface area (Å²) in [5.74, 6) is 1.18. The van der Waals surface area contributed by atoms with E-state index in [0.717, 1.165) is 11.4 Å². The summed E-state index contributed by atoms with van der Waals surface area (Å²) in [7, 11) is 1.98. The Kier molecular flexibility index (Phi) is 3.70. The lowest BCUT2D eigenvalue weighted by molar-refractivity contribution is 0.889. The lowest BCUT2D eigenvalue weighted by Crippen LogP contribution is -2.17. The van der Waals surface area contributed by atoms with Gasteiger partial charge in [0.15, 0.2) is 11.5 Å². The molecule has 2 N–H and O–H groups in total. The van der Waals surface area contributed by atoms with Gasteiger partial charge in [-0.25, -0.2) is 19.5 Å². The van der Waals surface area contributed by atoms with Gasteiger partial charge in [-0.3, -0.25) is 4.98 Å². The largest absolute Gasteiger partial charge is 0.382 e. The van der Waals surface area contributed by atoms with Crippen LogP contribution in [0.3, 0.4) is 0 Å². The van der Waals surface area contributed by atoms with Crippen molar-refractivity contribution >= 4 is 17.3 Å². The molecule has 4 rings (SSSR count). The molecular weight excluding hydrogens is 316 g/mol. The summed E-state index contributed by atoms with van der Waals surface area (Å²) in [5.41, 5.74) is 9.30. The van der Waals surface area contributed by atoms with E-state index < -0.39 is 0 Å². The van der Waals surface area contributed by atoms with E-state index in [2.05, 4.69) is 25.0 Å². The van der Waals surface area contributed by atoms with Crippen LogP contribution in [0.25, 0.3) is 16.9 Å². The highest BCUT2D eigenvalue weighted by atomic mass is 15.3. The van der Waals surface area contributed by atoms with Gasteiger partial charge in [-0.1, -0.05) is 0 Å². The molecule has 0 aliphatic heterocycles. The quantitative estimate of drug-likeness (QED) is 0.608. The average molecular weight is 332 g/mol. The van der Waals surface area contributed by atoms with Crippen LogP contribution >= 0.6 is 0 Å². The van der Waals surface area contributed by atoms with Crippen LogP contribution in [-0.2, 0) is 6.54 Å². The van der Waals surface area contributed by atoms with Gasteiger partial charge in [-0.2, -0.15) is 0 Å². The van der Waals surface area contributed by atoms with Crippen LogP contribution < -0.4 is 10.6 Å². The van der Waals surface area contributed by atoms with Crippen LogP contribution in [0.2, 0.25) is 0 Å². The molecule has 8 heteroatoms. The first-order chi connectivity index (χ1) is 12.2. The Morgan fingerprint density at radius 1 is 1.12 bits per heavy atom. The highest BCUT2D eigenvalue weighted by Gasteiger charge is 2.16. The van der Waals surface area contributed by atoms with Crippen LogP contribution in [0.1, 0.15) is 5.56 Å². The summed E-state index contributed by atoms with van der Waals surface area (Å²) < 4.78 is 1.65. The van der Waals surface area contributed by atoms with E-state index in [1.807, 2.05) is 30.1 Å². The van der Waals surface area contributed by atoms with Gasteiger partial charge in [0.25, 0.3) is 0 Å². The normalized spacial score (nSPS) is 10.9. The van der Waals surface area contributed by atoms with Gasteiger partial charge in [0.2, 0.25) is 0 Å². The molecule has 0 amide bonds. The predicted molar refractivity (Wildman–Crippen MR) is 94.8 cm³/mol. The van der Waals surface area contributed by atoms with Crippen LogP contribution in [0.15, 0.2) is 55.4 Å². The van der Waals surface area contributed by atoms with Gasteiger partial charge >= 0.3 is 0 Å². The first-order valence-corrected chi connectivity index (χ1v) is 7.73. The van der Waals surface area contributed by atoms with E-state index in [9.17, 15) is 0 Å². The van der Waals surface area contributed by atoms with Crippen molar-refractivity contribution in [1.29, 1.82) is 0 Å². The van der Waals surface area contributed by atoms with E-state index in [-0.39, 0.29) is 0 Å². The monoisotopic (exact) mass is 332 g/mol. The highest BCUT2D eigenvalue weighted by Crippen LogP contribution is 2.29. The van der Waals surface area contributed by atoms with Crippen LogP contribution in [0, 0.1) is 0 Å². The Morgan fingerprint density at radius 2 is 1.96 bits per heavy atom. The maximum atomic E-state index is 6.08. The van der Waals surface area contributed by atoms with E-state index in [0.29, 0.717) is 29.3 Å². The summed E-state index contributed by atoms with van der Waals surface area (Å²) in [5, 5.41) is 4.28. The number of nitrogens with zero attached hydrogens (tertiary/aromatic N) is 7. The van der Waals surface area contributed by atoms with E-state index in [1.54, 1.807) is 35.4 Å². The zero-order valence-electron chi connectivity index (χ0n) is 13.6. The van der Waals surface area contributed by atoms with Crippen molar-refractivity contribution in [3.05, 3.63) is 60.9 Å². The van der Waals surface area contributed by atoms with Gasteiger partial charge < -0.3 is 10.6 Å². The van der Waals surface area contributed by atoms with Gasteiger partial charge in [0.1, 0.15) is 12.1 Å². The zero-order valence-corrected chi connectivity index (χ0v) is 13.6. The summed E-state index contributed by atoms with van der Waals surface area (Å²) in [6.07, 6.45) is 8.59. The van der Waals surface area contributed by atoms with Crippen LogP contribution in [-0.4, -0.2) is 36.6 Å². The third-order valence-corrected chi connectivity index (χ3v) is 3.89. The van der Waals surface area contributed by atoms with Crippen molar-refractivity contribution in [2.75, 3.05) is 17.7 Å². The lowest BCUT2D eigenvalue weighted by atomic mass is 10.2. The molecular formula is C17H16N8. The standard InChI is InChI=1S/C17H16N8/c1-24(10-12-3-6-19-7-4-12)14-9-13(21-11-22-14)15-16(18)23-25-8-2-5-20-17(15)25/h2-9,11H,10H2,1H3,(H2,18,23). The molecule has 124 valence electrons. The second-order valence-electron chi connectivity index (χ2n) is 5.62. The molecule has 0 unspecified atom stereocenters. The molecule has 0 spiro atoms. The number of nitrogen functional groups attached to an aromatic ring is 1. The number of rotatable bonds is 4. The molecule has 0 fully saturated rings. The van der Waals surface area contributed by atoms with Crippen molar-refractivity contribution in [3.63, 3.8) is 0 Å². The fourth-order valence-corrected chi connectivity index (χ4v) is 2.69. The number of hydrogen-bond acceptors (Lipinski definition) is 7. The molecule has 4 heterocycles. The van der Waals surface area contributed by atoms with Crippen LogP contribution in [0.4, 0.5) is 11.6 Å². The Morgan fingerprint density at radius 3 is 2.80 bits per heavy atom. The second kappa shape index (κ2) is 6.16. The second-order valence-corrected chi connectivity index (χ2v) is 5.62. The number of anilines is 2. The molecule has 4 aromatic heterocycles. The minimum atomic E-state index is 0.389. The van der Waals surface area contributed by atoms with Crippen molar-refractivity contribution in [1.82, 2.24) is 29.5 Å². The number of pyridine rings is 1. The lowest BCUT2D eigenvalue weighted by Gasteiger charge is -2.18. The first-order valence-electron chi connectivity index (χ1n) is 7.73. The zero-order chi connectivity index (χ0) is 17.2. The predicted octanol–water partition coefficient (Wildman–Crippen LogP) is 1.80. The summed E-state index contributed by atoms with van der Waals surface area (Å²) in [4.78, 5) is 19.2. The van der Waals surface area contributed by atoms with Crippen LogP contribution in [0.5, 0.6) is 0 Å². The molecule has 0 atom stereocenters. The fraction of sp³-hybridized carbons (Fsp3) is 0.118. The minimum absolute atomic E-state index is 0.389. The highest BCUT2D eigenvalue weighted by molar-refractivity contribution is 5.84. The van der Waals surface area contributed by atoms with Crippen molar-refractivity contribution in [2.24, 2.45) is 0 Å². The van der Waals surface area contributed by atoms with Crippen molar-refractivity contribution < 1.29 is 0 Å². The van der Waals surface area contributed by atoms with Gasteiger partial charge in [-0.05, 0) is 23.8 Å². The van der Waals surface area contributed by atoms with Crippen molar-refractivity contribution in [2.45, 2.75) is 6.54 Å². The molecule has 8 nitrogen and oxygen atoms in total. The average Bonchev–Trinajstić information content (AvgIpc) is 2.98. The summed E-state index contributed by atoms with van der Waals surface area (Å²) in [6.45, 7) is 0.710. The molecule has 0 saturated carbocycles. The first kappa shape index (κ1) is 15.0. The topological polar surface area (TPSA) is 98.1 Å². The van der Waals surface area contributed by atoms with E-state index in [1.165, 1.54) is 6.33 Å². The summed E-state index contributed by atoms with van der Waals surface area (Å²) in [6, 6.07) is 7.65. The molecule has 0 radical (unpaired) electrons. The summed E-state index contributed by atoms with van der Waals surface area (Å²) >= 11 is 0. The van der Waals surface area contributed by atoms with E-state index >= 15 is 0 Å². The smallest absolute Gasteiger partial charge is 0.166 e. The van der Waals surface area contributed by atoms with Crippen molar-refractivity contribution in [3.8, 4) is 11.3 Å². The van der Waals surface area contributed by atoms with E-state index in [4.69, 9.17) is 5.73 Å². The minimum Gasteiger partial charge on any atom is -0.382 e. The SMILES string of the molecule is CN(Cc1ccncc1)c1cc(-c2c(N)nn3cccnc23)ncn1. The Balaban J connectivity index is 1.70. The Bertz CT molecular complexity index is 1010. The third kappa shape index (κ3) is 2.85. The Labute approximate surface area is 144 Å². The molecule has 0 aliphatic rings. The maximum Gasteiger partial charge on any atom is 0.166 e. The van der Waals surface area contributed by atoms with Gasteiger partial charge in [0.05, 0.1) is 11.3 Å².